The van der Waals surface area contributed by atoms with Crippen molar-refractivity contribution in [2.24, 2.45) is 0 Å². The monoisotopic (exact) mass is 504 g/mol. The number of hydrogen-bond acceptors (Lipinski definition) is 5. The fourth-order valence-corrected chi connectivity index (χ4v) is 5.11. The zero-order valence-corrected chi connectivity index (χ0v) is 23.2. The summed E-state index contributed by atoms with van der Waals surface area (Å²) >= 11 is 0. The van der Waals surface area contributed by atoms with Crippen LogP contribution in [0.15, 0.2) is 65.6 Å². The lowest BCUT2D eigenvalue weighted by Crippen LogP contribution is -2.42. The quantitative estimate of drug-likeness (QED) is 0.168. The van der Waals surface area contributed by atoms with Gasteiger partial charge in [-0.2, -0.15) is 0 Å². The number of nitrogens with one attached hydrogen (secondary N) is 2. The predicted octanol–water partition coefficient (Wildman–Crippen LogP) is 7.31. The van der Waals surface area contributed by atoms with Gasteiger partial charge in [0.25, 0.3) is 0 Å². The Kier molecular flexibility index (Phi) is 11.2. The zero-order valence-electron chi connectivity index (χ0n) is 22.4. The van der Waals surface area contributed by atoms with Crippen LogP contribution in [-0.2, 0) is 14.6 Å². The first-order valence-corrected chi connectivity index (χ1v) is 13.5. The molecule has 0 heterocycles. The van der Waals surface area contributed by atoms with E-state index in [9.17, 15) is 12.8 Å². The number of anilines is 1. The van der Waals surface area contributed by atoms with Crippen LogP contribution in [0.5, 0.6) is 0 Å². The predicted molar refractivity (Wildman–Crippen MR) is 146 cm³/mol. The Morgan fingerprint density at radius 2 is 1.86 bits per heavy atom. The molecular weight excluding hydrogens is 463 g/mol. The second kappa shape index (κ2) is 12.9. The summed E-state index contributed by atoms with van der Waals surface area (Å²) in [6.45, 7) is 16.6. The molecule has 0 spiro atoms. The van der Waals surface area contributed by atoms with E-state index in [0.29, 0.717) is 23.4 Å². The molecule has 0 saturated carbocycles. The van der Waals surface area contributed by atoms with Crippen molar-refractivity contribution >= 4 is 21.2 Å². The van der Waals surface area contributed by atoms with Crippen molar-refractivity contribution in [2.75, 3.05) is 18.2 Å². The Hall–Kier alpha value is -2.67. The molecule has 35 heavy (non-hydrogen) atoms. The number of sulfone groups is 1. The van der Waals surface area contributed by atoms with E-state index in [2.05, 4.69) is 18.8 Å². The maximum absolute atomic E-state index is 14.7. The number of methoxy groups -OCH3 is 1. The highest BCUT2D eigenvalue weighted by Gasteiger charge is 2.38. The summed E-state index contributed by atoms with van der Waals surface area (Å²) in [6.07, 6.45) is 7.00. The van der Waals surface area contributed by atoms with E-state index in [1.54, 1.807) is 33.1 Å². The van der Waals surface area contributed by atoms with Crippen molar-refractivity contribution < 1.29 is 17.5 Å². The molecule has 0 aromatic heterocycles. The first-order valence-electron chi connectivity index (χ1n) is 11.9. The normalized spacial score (nSPS) is 14.5. The van der Waals surface area contributed by atoms with Crippen LogP contribution in [0.3, 0.4) is 0 Å². The van der Waals surface area contributed by atoms with Gasteiger partial charge in [-0.15, -0.1) is 0 Å². The summed E-state index contributed by atoms with van der Waals surface area (Å²) in [5, 5.41) is 11.2. The minimum Gasteiger partial charge on any atom is -0.497 e. The van der Waals surface area contributed by atoms with Crippen LogP contribution < -0.4 is 5.32 Å². The van der Waals surface area contributed by atoms with Crippen molar-refractivity contribution in [3.63, 3.8) is 0 Å². The second-order valence-electron chi connectivity index (χ2n) is 9.33. The van der Waals surface area contributed by atoms with Gasteiger partial charge in [-0.1, -0.05) is 39.0 Å². The molecule has 194 valence electrons. The summed E-state index contributed by atoms with van der Waals surface area (Å²) in [4.78, 5) is 0. The van der Waals surface area contributed by atoms with Gasteiger partial charge in [0.1, 0.15) is 16.3 Å². The van der Waals surface area contributed by atoms with E-state index in [-0.39, 0.29) is 11.5 Å². The largest absolute Gasteiger partial charge is 0.497 e. The Morgan fingerprint density at radius 1 is 1.23 bits per heavy atom. The SMILES string of the molecule is C=C(Nc1ccc(F)c(C(C)CS(=O)(=O)C(C)(C)C(=N)CC)c1)/C(C)=C/C=C(\C=C(C)CC)OC. The Morgan fingerprint density at radius 3 is 2.40 bits per heavy atom. The van der Waals surface area contributed by atoms with Crippen LogP contribution in [0.2, 0.25) is 0 Å². The maximum atomic E-state index is 14.7. The van der Waals surface area contributed by atoms with Crippen LogP contribution in [0.25, 0.3) is 0 Å². The molecule has 1 aromatic carbocycles. The second-order valence-corrected chi connectivity index (χ2v) is 11.9. The zero-order chi connectivity index (χ0) is 27.0. The average molecular weight is 505 g/mol. The first kappa shape index (κ1) is 30.4. The lowest BCUT2D eigenvalue weighted by Gasteiger charge is -2.27. The van der Waals surface area contributed by atoms with E-state index >= 15 is 0 Å². The van der Waals surface area contributed by atoms with Crippen LogP contribution in [0, 0.1) is 11.2 Å². The third-order valence-electron chi connectivity index (χ3n) is 6.31. The summed E-state index contributed by atoms with van der Waals surface area (Å²) in [5.74, 6) is -0.575. The summed E-state index contributed by atoms with van der Waals surface area (Å²) in [5.41, 5.74) is 3.75. The molecular formula is C28H41FN2O3S. The standard InChI is InChI=1S/C28H41FN2O3S/c1-10-19(3)16-24(34-9)14-12-20(4)22(6)31-23-13-15-26(29)25(17-23)21(5)18-35(32,33)28(7,8)27(30)11-2/h12-17,21,30-31H,6,10-11,18H2,1-5,7-9H3/b19-16?,20-12+,24-14+,30-27?. The van der Waals surface area contributed by atoms with Crippen molar-refractivity contribution in [2.45, 2.75) is 72.0 Å². The van der Waals surface area contributed by atoms with Gasteiger partial charge < -0.3 is 15.5 Å². The van der Waals surface area contributed by atoms with Crippen LogP contribution >= 0.6 is 0 Å². The van der Waals surface area contributed by atoms with Crippen LogP contribution in [0.4, 0.5) is 10.1 Å². The molecule has 0 aliphatic rings. The van der Waals surface area contributed by atoms with Gasteiger partial charge in [-0.05, 0) is 87.9 Å². The van der Waals surface area contributed by atoms with E-state index < -0.39 is 26.3 Å². The molecule has 1 rings (SSSR count). The number of hydrogen-bond donors (Lipinski definition) is 2. The molecule has 0 aliphatic carbocycles. The van der Waals surface area contributed by atoms with E-state index in [4.69, 9.17) is 10.1 Å². The van der Waals surface area contributed by atoms with Crippen molar-refractivity contribution in [1.82, 2.24) is 0 Å². The highest BCUT2D eigenvalue weighted by molar-refractivity contribution is 7.93. The van der Waals surface area contributed by atoms with Gasteiger partial charge in [0.2, 0.25) is 0 Å². The topological polar surface area (TPSA) is 79.3 Å². The van der Waals surface area contributed by atoms with Gasteiger partial charge in [0, 0.05) is 17.1 Å². The van der Waals surface area contributed by atoms with Crippen molar-refractivity contribution in [1.29, 1.82) is 5.41 Å². The van der Waals surface area contributed by atoms with Crippen molar-refractivity contribution in [3.05, 3.63) is 77.0 Å². The lowest BCUT2D eigenvalue weighted by atomic mass is 10.0. The number of rotatable bonds is 13. The molecule has 0 fully saturated rings. The van der Waals surface area contributed by atoms with Gasteiger partial charge in [-0.25, -0.2) is 12.8 Å². The molecule has 0 aliphatic heterocycles. The van der Waals surface area contributed by atoms with Crippen LogP contribution in [0.1, 0.15) is 72.8 Å². The summed E-state index contributed by atoms with van der Waals surface area (Å²) in [6, 6.07) is 4.54. The Bertz CT molecular complexity index is 1130. The average Bonchev–Trinajstić information content (AvgIpc) is 2.81. The Labute approximate surface area is 211 Å². The van der Waals surface area contributed by atoms with E-state index in [1.807, 2.05) is 32.1 Å². The Balaban J connectivity index is 3.11. The molecule has 0 saturated heterocycles. The summed E-state index contributed by atoms with van der Waals surface area (Å²) < 4.78 is 44.8. The van der Waals surface area contributed by atoms with Gasteiger partial charge >= 0.3 is 0 Å². The fourth-order valence-electron chi connectivity index (χ4n) is 3.34. The fraction of sp³-hybridized carbons (Fsp3) is 0.464. The van der Waals surface area contributed by atoms with E-state index in [1.165, 1.54) is 25.5 Å². The molecule has 7 heteroatoms. The van der Waals surface area contributed by atoms with Gasteiger partial charge in [0.15, 0.2) is 9.84 Å². The van der Waals surface area contributed by atoms with Crippen molar-refractivity contribution in [3.8, 4) is 0 Å². The third kappa shape index (κ3) is 8.20. The number of allylic oxidation sites excluding steroid dienone is 5. The minimum atomic E-state index is -3.67. The molecule has 0 radical (unpaired) electrons. The molecule has 1 aromatic rings. The number of benzene rings is 1. The maximum Gasteiger partial charge on any atom is 0.161 e. The van der Waals surface area contributed by atoms with E-state index in [0.717, 1.165) is 17.8 Å². The number of halogens is 1. The molecule has 0 amide bonds. The summed E-state index contributed by atoms with van der Waals surface area (Å²) in [7, 11) is -2.05. The molecule has 1 unspecified atom stereocenters. The highest BCUT2D eigenvalue weighted by atomic mass is 32.2. The highest BCUT2D eigenvalue weighted by Crippen LogP contribution is 2.29. The molecule has 5 nitrogen and oxygen atoms in total. The van der Waals surface area contributed by atoms with Gasteiger partial charge in [0.05, 0.1) is 12.9 Å². The van der Waals surface area contributed by atoms with Crippen LogP contribution in [-0.4, -0.2) is 31.7 Å². The lowest BCUT2D eigenvalue weighted by molar-refractivity contribution is 0.306. The number of ether oxygens (including phenoxy) is 1. The molecule has 2 N–H and O–H groups in total. The smallest absolute Gasteiger partial charge is 0.161 e. The molecule has 0 bridgehead atoms. The molecule has 1 atom stereocenters. The minimum absolute atomic E-state index is 0.144. The third-order valence-corrected chi connectivity index (χ3v) is 9.05. The first-order chi connectivity index (χ1) is 16.2. The van der Waals surface area contributed by atoms with Gasteiger partial charge in [-0.3, -0.25) is 0 Å².